The predicted octanol–water partition coefficient (Wildman–Crippen LogP) is 2.37. The first-order chi connectivity index (χ1) is 8.71. The van der Waals surface area contributed by atoms with Crippen molar-refractivity contribution in [2.45, 2.75) is 18.6 Å². The average molecular weight is 344 g/mol. The van der Waals surface area contributed by atoms with Crippen molar-refractivity contribution in [2.24, 2.45) is 0 Å². The summed E-state index contributed by atoms with van der Waals surface area (Å²) < 4.78 is 22.5. The molecule has 1 aromatic heterocycles. The lowest BCUT2D eigenvalue weighted by Crippen LogP contribution is -2.28. The van der Waals surface area contributed by atoms with Gasteiger partial charge in [-0.15, -0.1) is 0 Å². The molecule has 0 aromatic carbocycles. The highest BCUT2D eigenvalue weighted by molar-refractivity contribution is 8.14. The summed E-state index contributed by atoms with van der Waals surface area (Å²) in [5, 5.41) is -0.342. The van der Waals surface area contributed by atoms with Crippen LogP contribution in [0.4, 0.5) is 5.82 Å². The zero-order valence-corrected chi connectivity index (χ0v) is 12.8. The number of hydrogen-bond acceptors (Lipinski definition) is 4. The van der Waals surface area contributed by atoms with Crippen LogP contribution in [-0.2, 0) is 13.8 Å². The summed E-state index contributed by atoms with van der Waals surface area (Å²) in [5.41, 5.74) is 0.582. The van der Waals surface area contributed by atoms with Crippen LogP contribution in [0.1, 0.15) is 12.0 Å². The van der Waals surface area contributed by atoms with E-state index >= 15 is 0 Å². The van der Waals surface area contributed by atoms with Crippen molar-refractivity contribution in [3.05, 3.63) is 21.8 Å². The van der Waals surface area contributed by atoms with Gasteiger partial charge in [-0.05, 0) is 12.5 Å². The van der Waals surface area contributed by atoms with Crippen molar-refractivity contribution in [2.75, 3.05) is 11.4 Å². The fourth-order valence-electron chi connectivity index (χ4n) is 1.80. The molecule has 0 spiro atoms. The summed E-state index contributed by atoms with van der Waals surface area (Å²) in [4.78, 5) is 17.1. The highest BCUT2D eigenvalue weighted by Gasteiger charge is 2.39. The molecule has 5 nitrogen and oxygen atoms in total. The Balaban J connectivity index is 2.39. The molecular weight excluding hydrogens is 335 g/mol. The first-order valence-corrected chi connectivity index (χ1v) is 8.39. The molecule has 1 aliphatic heterocycles. The molecule has 1 unspecified atom stereocenters. The Bertz CT molecular complexity index is 648. The molecule has 0 radical (unpaired) electrons. The summed E-state index contributed by atoms with van der Waals surface area (Å²) in [5.74, 6) is -0.179. The molecule has 0 saturated carbocycles. The maximum atomic E-state index is 11.9. The molecule has 2 heterocycles. The Hall–Kier alpha value is -0.560. The lowest BCUT2D eigenvalue weighted by atomic mass is 10.3. The van der Waals surface area contributed by atoms with Crippen molar-refractivity contribution < 1.29 is 13.2 Å². The minimum absolute atomic E-state index is 0.0571. The Morgan fingerprint density at radius 1 is 1.42 bits per heavy atom. The second-order valence-electron chi connectivity index (χ2n) is 4.17. The third-order valence-corrected chi connectivity index (χ3v) is 5.63. The number of anilines is 1. The third kappa shape index (κ3) is 2.81. The summed E-state index contributed by atoms with van der Waals surface area (Å²) in [6.45, 7) is 1.63. The molecule has 1 amide bonds. The Labute approximate surface area is 124 Å². The zero-order chi connectivity index (χ0) is 14.4. The van der Waals surface area contributed by atoms with Crippen LogP contribution in [-0.4, -0.2) is 31.1 Å². The third-order valence-electron chi connectivity index (χ3n) is 2.93. The van der Waals surface area contributed by atoms with Gasteiger partial charge in [-0.3, -0.25) is 9.69 Å². The van der Waals surface area contributed by atoms with Crippen molar-refractivity contribution in [3.63, 3.8) is 0 Å². The maximum Gasteiger partial charge on any atom is 0.237 e. The van der Waals surface area contributed by atoms with E-state index in [0.29, 0.717) is 10.6 Å². The van der Waals surface area contributed by atoms with Crippen molar-refractivity contribution in [3.8, 4) is 0 Å². The summed E-state index contributed by atoms with van der Waals surface area (Å²) >= 11 is 11.9. The van der Waals surface area contributed by atoms with Crippen LogP contribution in [0, 0.1) is 6.92 Å². The van der Waals surface area contributed by atoms with Gasteiger partial charge in [0.1, 0.15) is 5.25 Å². The fraction of sp³-hybridized carbons (Fsp3) is 0.400. The summed E-state index contributed by atoms with van der Waals surface area (Å²) in [6, 6.07) is 0. The standard InChI is InChI=1S/C10H9Cl3N2O3S/c1-5-7(11)3-14-10(9(5)12)15-4-6(2-8(15)16)19(13,17)18/h3,6H,2,4H2,1H3. The van der Waals surface area contributed by atoms with Gasteiger partial charge in [0.2, 0.25) is 15.0 Å². The minimum Gasteiger partial charge on any atom is -0.294 e. The number of nitrogens with zero attached hydrogens (tertiary/aromatic N) is 2. The summed E-state index contributed by atoms with van der Waals surface area (Å²) in [7, 11) is 1.48. The lowest BCUT2D eigenvalue weighted by Gasteiger charge is -2.17. The Morgan fingerprint density at radius 2 is 2.05 bits per heavy atom. The second kappa shape index (κ2) is 5.09. The monoisotopic (exact) mass is 342 g/mol. The smallest absolute Gasteiger partial charge is 0.237 e. The molecule has 1 aromatic rings. The van der Waals surface area contributed by atoms with E-state index in [1.165, 1.54) is 11.1 Å². The van der Waals surface area contributed by atoms with E-state index in [-0.39, 0.29) is 29.7 Å². The molecule has 0 N–H and O–H groups in total. The fourth-order valence-corrected chi connectivity index (χ4v) is 3.27. The Kier molecular flexibility index (Phi) is 3.97. The van der Waals surface area contributed by atoms with Gasteiger partial charge in [0.15, 0.2) is 5.82 Å². The second-order valence-corrected chi connectivity index (χ2v) is 7.87. The molecule has 19 heavy (non-hydrogen) atoms. The molecule has 1 fully saturated rings. The molecule has 1 aliphatic rings. The van der Waals surface area contributed by atoms with E-state index in [9.17, 15) is 13.2 Å². The van der Waals surface area contributed by atoms with Crippen LogP contribution < -0.4 is 4.90 Å². The summed E-state index contributed by atoms with van der Waals surface area (Å²) in [6.07, 6.45) is 1.19. The number of pyridine rings is 1. The number of aromatic nitrogens is 1. The van der Waals surface area contributed by atoms with Crippen LogP contribution in [0.15, 0.2) is 6.20 Å². The molecule has 0 bridgehead atoms. The minimum atomic E-state index is -3.79. The first-order valence-electron chi connectivity index (χ1n) is 5.26. The van der Waals surface area contributed by atoms with E-state index in [1.807, 2.05) is 0 Å². The topological polar surface area (TPSA) is 67.3 Å². The van der Waals surface area contributed by atoms with E-state index in [1.54, 1.807) is 6.92 Å². The van der Waals surface area contributed by atoms with Gasteiger partial charge < -0.3 is 0 Å². The largest absolute Gasteiger partial charge is 0.294 e. The van der Waals surface area contributed by atoms with Crippen molar-refractivity contribution in [1.82, 2.24) is 4.98 Å². The predicted molar refractivity (Wildman–Crippen MR) is 74.5 cm³/mol. The normalized spacial score (nSPS) is 20.1. The van der Waals surface area contributed by atoms with Crippen LogP contribution in [0.25, 0.3) is 0 Å². The number of rotatable bonds is 2. The SMILES string of the molecule is Cc1c(Cl)cnc(N2CC(S(=O)(=O)Cl)CC2=O)c1Cl. The van der Waals surface area contributed by atoms with Crippen LogP contribution in [0.3, 0.4) is 0 Å². The van der Waals surface area contributed by atoms with E-state index in [2.05, 4.69) is 4.98 Å². The van der Waals surface area contributed by atoms with E-state index in [4.69, 9.17) is 33.9 Å². The number of amides is 1. The number of carbonyl (C=O) groups is 1. The van der Waals surface area contributed by atoms with Gasteiger partial charge in [-0.25, -0.2) is 13.4 Å². The van der Waals surface area contributed by atoms with Crippen LogP contribution >= 0.6 is 33.9 Å². The highest BCUT2D eigenvalue weighted by Crippen LogP contribution is 2.34. The van der Waals surface area contributed by atoms with Gasteiger partial charge in [0, 0.05) is 29.8 Å². The van der Waals surface area contributed by atoms with Crippen LogP contribution in [0.5, 0.6) is 0 Å². The Morgan fingerprint density at radius 3 is 2.58 bits per heavy atom. The van der Waals surface area contributed by atoms with Gasteiger partial charge in [0.05, 0.1) is 10.0 Å². The zero-order valence-electron chi connectivity index (χ0n) is 9.73. The number of halogens is 3. The lowest BCUT2D eigenvalue weighted by molar-refractivity contribution is -0.117. The number of carbonyl (C=O) groups excluding carboxylic acids is 1. The number of hydrogen-bond donors (Lipinski definition) is 0. The average Bonchev–Trinajstić information content (AvgIpc) is 2.68. The van der Waals surface area contributed by atoms with Crippen molar-refractivity contribution in [1.29, 1.82) is 0 Å². The molecule has 0 aliphatic carbocycles. The van der Waals surface area contributed by atoms with E-state index < -0.39 is 14.3 Å². The molecule has 2 rings (SSSR count). The molecule has 1 saturated heterocycles. The van der Waals surface area contributed by atoms with Gasteiger partial charge in [0.25, 0.3) is 0 Å². The van der Waals surface area contributed by atoms with Crippen molar-refractivity contribution >= 4 is 54.7 Å². The first kappa shape index (κ1) is 14.8. The molecular formula is C10H9Cl3N2O3S. The van der Waals surface area contributed by atoms with Gasteiger partial charge >= 0.3 is 0 Å². The molecule has 1 atom stereocenters. The molecule has 104 valence electrons. The van der Waals surface area contributed by atoms with Gasteiger partial charge in [-0.1, -0.05) is 23.2 Å². The highest BCUT2D eigenvalue weighted by atomic mass is 35.7. The van der Waals surface area contributed by atoms with E-state index in [0.717, 1.165) is 0 Å². The van der Waals surface area contributed by atoms with Crippen LogP contribution in [0.2, 0.25) is 10.0 Å². The quantitative estimate of drug-likeness (QED) is 0.773. The van der Waals surface area contributed by atoms with Gasteiger partial charge in [-0.2, -0.15) is 0 Å². The molecule has 9 heteroatoms. The maximum absolute atomic E-state index is 11.9.